The zero-order chi connectivity index (χ0) is 11.6. The minimum absolute atomic E-state index is 0.488. The van der Waals surface area contributed by atoms with E-state index in [0.717, 1.165) is 11.5 Å². The van der Waals surface area contributed by atoms with Gasteiger partial charge in [-0.3, -0.25) is 0 Å². The Kier molecular flexibility index (Phi) is 4.64. The second kappa shape index (κ2) is 4.65. The SMILES string of the molecule is C/C=C/C(C(C)C)[Si](C)(C)C(C)(C)C. The van der Waals surface area contributed by atoms with Gasteiger partial charge < -0.3 is 0 Å². The first kappa shape index (κ1) is 14.0. The van der Waals surface area contributed by atoms with Crippen LogP contribution in [0.25, 0.3) is 0 Å². The van der Waals surface area contributed by atoms with Gasteiger partial charge in [0.05, 0.1) is 8.07 Å². The van der Waals surface area contributed by atoms with Gasteiger partial charge in [0.15, 0.2) is 0 Å². The summed E-state index contributed by atoms with van der Waals surface area (Å²) >= 11 is 0. The maximum Gasteiger partial charge on any atom is 0.0600 e. The Labute approximate surface area is 91.8 Å². The van der Waals surface area contributed by atoms with Gasteiger partial charge in [0.1, 0.15) is 0 Å². The third-order valence-corrected chi connectivity index (χ3v) is 10.3. The lowest BCUT2D eigenvalue weighted by Crippen LogP contribution is -2.43. The molecule has 0 N–H and O–H groups in total. The highest BCUT2D eigenvalue weighted by molar-refractivity contribution is 6.82. The molecule has 0 saturated heterocycles. The fraction of sp³-hybridized carbons (Fsp3) is 0.846. The van der Waals surface area contributed by atoms with Crippen molar-refractivity contribution in [2.75, 3.05) is 0 Å². The van der Waals surface area contributed by atoms with Gasteiger partial charge in [0.2, 0.25) is 0 Å². The third-order valence-electron chi connectivity index (χ3n) is 3.88. The van der Waals surface area contributed by atoms with E-state index in [2.05, 4.69) is 66.8 Å². The van der Waals surface area contributed by atoms with E-state index >= 15 is 0 Å². The Balaban J connectivity index is 5.00. The highest BCUT2D eigenvalue weighted by Gasteiger charge is 2.41. The maximum absolute atomic E-state index is 2.53. The zero-order valence-corrected chi connectivity index (χ0v) is 12.3. The molecule has 0 radical (unpaired) electrons. The molecule has 0 aromatic rings. The average molecular weight is 212 g/mol. The van der Waals surface area contributed by atoms with Crippen molar-refractivity contribution in [2.24, 2.45) is 5.92 Å². The highest BCUT2D eigenvalue weighted by atomic mass is 28.3. The lowest BCUT2D eigenvalue weighted by molar-refractivity contribution is 0.602. The first-order valence-electron chi connectivity index (χ1n) is 5.77. The van der Waals surface area contributed by atoms with Crippen LogP contribution in [-0.2, 0) is 0 Å². The molecular weight excluding hydrogens is 184 g/mol. The molecule has 84 valence electrons. The monoisotopic (exact) mass is 212 g/mol. The number of rotatable bonds is 3. The Morgan fingerprint density at radius 1 is 1.07 bits per heavy atom. The van der Waals surface area contributed by atoms with Crippen molar-refractivity contribution in [1.82, 2.24) is 0 Å². The predicted octanol–water partition coefficient (Wildman–Crippen LogP) is 5.10. The van der Waals surface area contributed by atoms with Crippen molar-refractivity contribution in [3.8, 4) is 0 Å². The van der Waals surface area contributed by atoms with Crippen LogP contribution in [0.15, 0.2) is 12.2 Å². The summed E-state index contributed by atoms with van der Waals surface area (Å²) in [5, 5.41) is 0.488. The molecule has 0 amide bonds. The van der Waals surface area contributed by atoms with Gasteiger partial charge in [-0.05, 0) is 23.4 Å². The highest BCUT2D eigenvalue weighted by Crippen LogP contribution is 2.46. The van der Waals surface area contributed by atoms with E-state index < -0.39 is 8.07 Å². The lowest BCUT2D eigenvalue weighted by Gasteiger charge is -2.44. The summed E-state index contributed by atoms with van der Waals surface area (Å²) in [5.41, 5.74) is 0.799. The molecule has 0 saturated carbocycles. The minimum atomic E-state index is -1.21. The lowest BCUT2D eigenvalue weighted by atomic mass is 10.1. The van der Waals surface area contributed by atoms with Crippen molar-refractivity contribution >= 4 is 8.07 Å². The number of allylic oxidation sites excluding steroid dienone is 2. The molecule has 0 aromatic carbocycles. The number of hydrogen-bond donors (Lipinski definition) is 0. The normalized spacial score (nSPS) is 16.6. The summed E-state index contributed by atoms with van der Waals surface area (Å²) < 4.78 is 0. The average Bonchev–Trinajstić information content (AvgIpc) is 1.96. The van der Waals surface area contributed by atoms with Gasteiger partial charge in [-0.25, -0.2) is 0 Å². The zero-order valence-electron chi connectivity index (χ0n) is 11.3. The summed E-state index contributed by atoms with van der Waals surface area (Å²) in [7, 11) is -1.21. The van der Waals surface area contributed by atoms with E-state index in [0.29, 0.717) is 5.04 Å². The molecular formula is C13H28Si. The van der Waals surface area contributed by atoms with E-state index in [9.17, 15) is 0 Å². The van der Waals surface area contributed by atoms with Crippen LogP contribution in [0, 0.1) is 5.92 Å². The quantitative estimate of drug-likeness (QED) is 0.451. The van der Waals surface area contributed by atoms with Gasteiger partial charge in [-0.1, -0.05) is 59.9 Å². The van der Waals surface area contributed by atoms with Crippen LogP contribution in [0.4, 0.5) is 0 Å². The molecule has 1 unspecified atom stereocenters. The molecule has 0 nitrogen and oxygen atoms in total. The molecule has 1 heteroatoms. The van der Waals surface area contributed by atoms with Crippen LogP contribution in [0.3, 0.4) is 0 Å². The second-order valence-electron chi connectivity index (χ2n) is 6.27. The first-order valence-corrected chi connectivity index (χ1v) is 8.85. The first-order chi connectivity index (χ1) is 6.14. The van der Waals surface area contributed by atoms with Gasteiger partial charge >= 0.3 is 0 Å². The van der Waals surface area contributed by atoms with Crippen LogP contribution in [0.5, 0.6) is 0 Å². The van der Waals surface area contributed by atoms with Crippen molar-refractivity contribution < 1.29 is 0 Å². The molecule has 0 fully saturated rings. The van der Waals surface area contributed by atoms with Crippen LogP contribution < -0.4 is 0 Å². The van der Waals surface area contributed by atoms with Crippen LogP contribution >= 0.6 is 0 Å². The van der Waals surface area contributed by atoms with Crippen molar-refractivity contribution in [3.05, 3.63) is 12.2 Å². The van der Waals surface area contributed by atoms with E-state index in [1.54, 1.807) is 0 Å². The summed E-state index contributed by atoms with van der Waals surface area (Å²) in [6.07, 6.45) is 4.66. The number of hydrogen-bond acceptors (Lipinski definition) is 0. The van der Waals surface area contributed by atoms with Gasteiger partial charge in [0, 0.05) is 0 Å². The molecule has 0 aliphatic carbocycles. The predicted molar refractivity (Wildman–Crippen MR) is 70.6 cm³/mol. The minimum Gasteiger partial charge on any atom is -0.0917 e. The summed E-state index contributed by atoms with van der Waals surface area (Å²) in [5.74, 6) is 0.770. The molecule has 0 spiro atoms. The largest absolute Gasteiger partial charge is 0.0917 e. The fourth-order valence-electron chi connectivity index (χ4n) is 2.00. The molecule has 0 bridgehead atoms. The fourth-order valence-corrected chi connectivity index (χ4v) is 5.34. The van der Waals surface area contributed by atoms with E-state index in [-0.39, 0.29) is 0 Å². The van der Waals surface area contributed by atoms with Crippen LogP contribution in [-0.4, -0.2) is 8.07 Å². The van der Waals surface area contributed by atoms with Crippen molar-refractivity contribution in [1.29, 1.82) is 0 Å². The van der Waals surface area contributed by atoms with E-state index in [1.807, 2.05) is 0 Å². The van der Waals surface area contributed by atoms with Crippen LogP contribution in [0.1, 0.15) is 41.5 Å². The molecule has 1 atom stereocenters. The van der Waals surface area contributed by atoms with Crippen molar-refractivity contribution in [3.63, 3.8) is 0 Å². The van der Waals surface area contributed by atoms with Crippen molar-refractivity contribution in [2.45, 2.75) is 65.2 Å². The Morgan fingerprint density at radius 3 is 1.71 bits per heavy atom. The van der Waals surface area contributed by atoms with Crippen LogP contribution in [0.2, 0.25) is 23.7 Å². The van der Waals surface area contributed by atoms with Gasteiger partial charge in [0.25, 0.3) is 0 Å². The summed E-state index contributed by atoms with van der Waals surface area (Å²) in [6, 6.07) is 0. The molecule has 0 rings (SSSR count). The molecule has 0 heterocycles. The summed E-state index contributed by atoms with van der Waals surface area (Å²) in [6.45, 7) is 19.1. The molecule has 14 heavy (non-hydrogen) atoms. The maximum atomic E-state index is 2.53. The molecule has 0 aromatic heterocycles. The second-order valence-corrected chi connectivity index (χ2v) is 11.9. The topological polar surface area (TPSA) is 0 Å². The van der Waals surface area contributed by atoms with Gasteiger partial charge in [-0.15, -0.1) is 0 Å². The van der Waals surface area contributed by atoms with E-state index in [1.165, 1.54) is 0 Å². The Hall–Kier alpha value is -0.0431. The Morgan fingerprint density at radius 2 is 1.50 bits per heavy atom. The molecule has 0 aliphatic rings. The summed E-state index contributed by atoms with van der Waals surface area (Å²) in [4.78, 5) is 0. The standard InChI is InChI=1S/C13H28Si/c1-9-10-12(11(2)3)14(7,8)13(4,5)6/h9-12H,1-8H3/b10-9+. The third kappa shape index (κ3) is 2.98. The molecule has 0 aliphatic heterocycles. The smallest absolute Gasteiger partial charge is 0.0600 e. The van der Waals surface area contributed by atoms with Gasteiger partial charge in [-0.2, -0.15) is 0 Å². The Bertz CT molecular complexity index is 194. The van der Waals surface area contributed by atoms with E-state index in [4.69, 9.17) is 0 Å².